The van der Waals surface area contributed by atoms with Gasteiger partial charge >= 0.3 is 11.9 Å². The van der Waals surface area contributed by atoms with E-state index in [0.29, 0.717) is 0 Å². The number of aliphatic hydroxyl groups excluding tert-OH is 1. The molecule has 0 aliphatic rings. The lowest BCUT2D eigenvalue weighted by molar-refractivity contribution is -0.143. The summed E-state index contributed by atoms with van der Waals surface area (Å²) in [5, 5.41) is 33.6. The normalized spacial score (nSPS) is 15.0. The number of nitrogens with one attached hydrogen (secondary N) is 3. The van der Waals surface area contributed by atoms with E-state index in [0.717, 1.165) is 0 Å². The lowest BCUT2D eigenvalue weighted by Crippen LogP contribution is -2.58. The first-order valence-corrected chi connectivity index (χ1v) is 10.0. The summed E-state index contributed by atoms with van der Waals surface area (Å²) in [4.78, 5) is 81.8. The zero-order valence-electron chi connectivity index (χ0n) is 18.4. The fourth-order valence-electron chi connectivity index (χ4n) is 2.52. The van der Waals surface area contributed by atoms with Crippen LogP contribution in [0.25, 0.3) is 0 Å². The molecule has 0 aromatic heterocycles. The summed E-state index contributed by atoms with van der Waals surface area (Å²) in [6, 6.07) is -6.25. The Morgan fingerprint density at radius 2 is 1.21 bits per heavy atom. The zero-order valence-corrected chi connectivity index (χ0v) is 18.4. The number of aliphatic hydroxyl groups is 1. The van der Waals surface area contributed by atoms with Crippen LogP contribution in [0.2, 0.25) is 0 Å². The summed E-state index contributed by atoms with van der Waals surface area (Å²) >= 11 is 0. The largest absolute Gasteiger partial charge is 0.481 e. The number of nitrogens with two attached hydrogens (primary N) is 3. The minimum Gasteiger partial charge on any atom is -0.481 e. The molecule has 0 aromatic rings. The van der Waals surface area contributed by atoms with Gasteiger partial charge in [-0.3, -0.25) is 28.8 Å². The molecule has 0 aromatic carbocycles. The highest BCUT2D eigenvalue weighted by atomic mass is 16.4. The van der Waals surface area contributed by atoms with Gasteiger partial charge in [0.15, 0.2) is 0 Å². The first-order chi connectivity index (χ1) is 15.6. The molecule has 0 saturated carbocycles. The predicted octanol–water partition coefficient (Wildman–Crippen LogP) is -4.76. The molecule has 0 heterocycles. The Bertz CT molecular complexity index is 802. The van der Waals surface area contributed by atoms with E-state index < -0.39 is 91.0 Å². The lowest BCUT2D eigenvalue weighted by Gasteiger charge is -2.25. The van der Waals surface area contributed by atoms with Crippen LogP contribution in [0.15, 0.2) is 0 Å². The molecule has 5 amide bonds. The van der Waals surface area contributed by atoms with E-state index in [-0.39, 0.29) is 12.8 Å². The Morgan fingerprint density at radius 3 is 1.65 bits per heavy atom. The number of rotatable bonds is 16. The fourth-order valence-corrected chi connectivity index (χ4v) is 2.52. The number of carbonyl (C=O) groups is 7. The van der Waals surface area contributed by atoms with Crippen molar-refractivity contribution in [1.82, 2.24) is 16.0 Å². The average molecular weight is 490 g/mol. The highest BCUT2D eigenvalue weighted by Gasteiger charge is 2.32. The molecule has 0 rings (SSSR count). The van der Waals surface area contributed by atoms with Gasteiger partial charge in [0, 0.05) is 12.8 Å². The van der Waals surface area contributed by atoms with Gasteiger partial charge in [-0.25, -0.2) is 4.79 Å². The molecule has 0 bridgehead atoms. The number of aliphatic carboxylic acids is 2. The van der Waals surface area contributed by atoms with Crippen molar-refractivity contribution < 1.29 is 48.9 Å². The average Bonchev–Trinajstić information content (AvgIpc) is 2.71. The predicted molar refractivity (Wildman–Crippen MR) is 112 cm³/mol. The second kappa shape index (κ2) is 14.4. The van der Waals surface area contributed by atoms with E-state index in [1.54, 1.807) is 0 Å². The second-order valence-corrected chi connectivity index (χ2v) is 7.40. The Morgan fingerprint density at radius 1 is 0.735 bits per heavy atom. The molecule has 0 radical (unpaired) electrons. The molecule has 0 aliphatic heterocycles. The number of amides is 5. The Kier molecular flexibility index (Phi) is 12.8. The molecule has 16 heteroatoms. The highest BCUT2D eigenvalue weighted by molar-refractivity contribution is 5.96. The van der Waals surface area contributed by atoms with Crippen LogP contribution >= 0.6 is 0 Å². The SMILES string of the molecule is CC(O)C(N)C(=O)NC(CCC(N)=O)C(=O)NC(CC(N)=O)C(=O)NC(CCC(=O)O)C(=O)O. The van der Waals surface area contributed by atoms with Crippen molar-refractivity contribution in [3.05, 3.63) is 0 Å². The lowest BCUT2D eigenvalue weighted by atomic mass is 10.1. The molecular weight excluding hydrogens is 460 g/mol. The number of carboxylic acid groups (broad SMARTS) is 2. The Labute approximate surface area is 193 Å². The van der Waals surface area contributed by atoms with E-state index in [4.69, 9.17) is 22.3 Å². The van der Waals surface area contributed by atoms with Gasteiger partial charge in [0.2, 0.25) is 29.5 Å². The summed E-state index contributed by atoms with van der Waals surface area (Å²) < 4.78 is 0. The minimum atomic E-state index is -1.70. The quantitative estimate of drug-likeness (QED) is 0.0988. The third-order valence-corrected chi connectivity index (χ3v) is 4.43. The standard InChI is InChI=1S/C18H30N6O10/c1-7(25)14(21)17(32)22-8(2-4-11(19)26)15(30)24-10(6-12(20)27)16(31)23-9(18(33)34)3-5-13(28)29/h7-10,14,25H,2-6,21H2,1H3,(H2,19,26)(H2,20,27)(H,22,32)(H,23,31)(H,24,30)(H,28,29)(H,33,34). The Hall–Kier alpha value is -3.79. The van der Waals surface area contributed by atoms with Crippen molar-refractivity contribution >= 4 is 41.5 Å². The summed E-state index contributed by atoms with van der Waals surface area (Å²) in [5.74, 6) is -7.93. The van der Waals surface area contributed by atoms with E-state index >= 15 is 0 Å². The minimum absolute atomic E-state index is 0.333. The third kappa shape index (κ3) is 11.7. The summed E-state index contributed by atoms with van der Waals surface area (Å²) in [5.41, 5.74) is 15.6. The molecule has 34 heavy (non-hydrogen) atoms. The van der Waals surface area contributed by atoms with Crippen molar-refractivity contribution in [1.29, 1.82) is 0 Å². The molecule has 0 fully saturated rings. The third-order valence-electron chi connectivity index (χ3n) is 4.43. The first kappa shape index (κ1) is 30.2. The Balaban J connectivity index is 5.59. The molecule has 5 unspecified atom stereocenters. The van der Waals surface area contributed by atoms with Gasteiger partial charge < -0.3 is 48.5 Å². The molecule has 12 N–H and O–H groups in total. The van der Waals surface area contributed by atoms with Gasteiger partial charge in [-0.1, -0.05) is 0 Å². The molecule has 16 nitrogen and oxygen atoms in total. The van der Waals surface area contributed by atoms with Crippen LogP contribution in [0.1, 0.15) is 39.0 Å². The molecule has 5 atom stereocenters. The monoisotopic (exact) mass is 490 g/mol. The van der Waals surface area contributed by atoms with Crippen LogP contribution in [0, 0.1) is 0 Å². The van der Waals surface area contributed by atoms with Crippen LogP contribution in [-0.4, -0.2) is 87.1 Å². The number of carboxylic acids is 2. The number of primary amides is 2. The first-order valence-electron chi connectivity index (χ1n) is 10.0. The van der Waals surface area contributed by atoms with Crippen LogP contribution in [0.5, 0.6) is 0 Å². The van der Waals surface area contributed by atoms with E-state index in [2.05, 4.69) is 10.6 Å². The fraction of sp³-hybridized carbons (Fsp3) is 0.611. The van der Waals surface area contributed by atoms with Crippen LogP contribution in [-0.2, 0) is 33.6 Å². The van der Waals surface area contributed by atoms with Gasteiger partial charge in [0.25, 0.3) is 0 Å². The van der Waals surface area contributed by atoms with Gasteiger partial charge in [-0.05, 0) is 19.8 Å². The highest BCUT2D eigenvalue weighted by Crippen LogP contribution is 2.04. The van der Waals surface area contributed by atoms with Crippen LogP contribution < -0.4 is 33.2 Å². The maximum atomic E-state index is 12.7. The van der Waals surface area contributed by atoms with E-state index in [9.17, 15) is 43.8 Å². The van der Waals surface area contributed by atoms with Crippen molar-refractivity contribution in [3.8, 4) is 0 Å². The van der Waals surface area contributed by atoms with Gasteiger partial charge in [-0.2, -0.15) is 0 Å². The smallest absolute Gasteiger partial charge is 0.326 e. The van der Waals surface area contributed by atoms with E-state index in [1.165, 1.54) is 6.92 Å². The molecule has 0 saturated heterocycles. The maximum absolute atomic E-state index is 12.7. The number of carbonyl (C=O) groups excluding carboxylic acids is 5. The number of hydrogen-bond donors (Lipinski definition) is 9. The molecule has 0 spiro atoms. The maximum Gasteiger partial charge on any atom is 0.326 e. The zero-order chi connectivity index (χ0) is 26.6. The van der Waals surface area contributed by atoms with E-state index in [1.807, 2.05) is 5.32 Å². The second-order valence-electron chi connectivity index (χ2n) is 7.40. The molecule has 0 aliphatic carbocycles. The van der Waals surface area contributed by atoms with Crippen molar-refractivity contribution in [2.75, 3.05) is 0 Å². The summed E-state index contributed by atoms with van der Waals surface area (Å²) in [7, 11) is 0. The van der Waals surface area contributed by atoms with Gasteiger partial charge in [0.05, 0.1) is 12.5 Å². The van der Waals surface area contributed by atoms with Crippen LogP contribution in [0.3, 0.4) is 0 Å². The van der Waals surface area contributed by atoms with Crippen molar-refractivity contribution in [2.45, 2.75) is 69.3 Å². The van der Waals surface area contributed by atoms with Crippen molar-refractivity contribution in [3.63, 3.8) is 0 Å². The summed E-state index contributed by atoms with van der Waals surface area (Å²) in [6.45, 7) is 1.22. The van der Waals surface area contributed by atoms with Gasteiger partial charge in [0.1, 0.15) is 24.2 Å². The molecular formula is C18H30N6O10. The number of hydrogen-bond acceptors (Lipinski definition) is 9. The summed E-state index contributed by atoms with van der Waals surface area (Å²) in [6.07, 6.45) is -3.83. The molecule has 192 valence electrons. The topological polar surface area (TPSA) is 294 Å². The van der Waals surface area contributed by atoms with Crippen molar-refractivity contribution in [2.24, 2.45) is 17.2 Å². The van der Waals surface area contributed by atoms with Gasteiger partial charge in [-0.15, -0.1) is 0 Å². The van der Waals surface area contributed by atoms with Crippen LogP contribution in [0.4, 0.5) is 0 Å².